The molecule has 0 amide bonds. The molecule has 2 nitrogen and oxygen atoms in total. The molecule has 0 aromatic heterocycles. The van der Waals surface area contributed by atoms with Gasteiger partial charge in [0.25, 0.3) is 0 Å². The highest BCUT2D eigenvalue weighted by Crippen LogP contribution is 1.85. The van der Waals surface area contributed by atoms with E-state index in [1.165, 1.54) is 6.40 Å². The number of hydrogen-bond donors (Lipinski definition) is 0. The molecule has 3 heteroatoms. The van der Waals surface area contributed by atoms with Gasteiger partial charge in [-0.1, -0.05) is 0 Å². The second-order valence-corrected chi connectivity index (χ2v) is 2.05. The van der Waals surface area contributed by atoms with Gasteiger partial charge >= 0.3 is 9.76 Å². The number of hydrogen-bond acceptors (Lipinski definition) is 2. The normalized spacial score (nSPS) is 20.0. The second-order valence-electron chi connectivity index (χ2n) is 1.02. The van der Waals surface area contributed by atoms with Gasteiger partial charge in [0.1, 0.15) is 0 Å². The molecule has 1 heterocycles. The lowest BCUT2D eigenvalue weighted by atomic mass is 10.8. The van der Waals surface area contributed by atoms with E-state index in [1.807, 2.05) is 0 Å². The lowest BCUT2D eigenvalue weighted by Crippen LogP contribution is -2.03. The van der Waals surface area contributed by atoms with Crippen LogP contribution < -0.4 is 0 Å². The van der Waals surface area contributed by atoms with Gasteiger partial charge in [-0.3, -0.25) is 4.99 Å². The molecule has 0 aromatic rings. The Morgan fingerprint density at radius 2 is 2.83 bits per heavy atom. The van der Waals surface area contributed by atoms with Gasteiger partial charge in [-0.15, -0.1) is 0 Å². The van der Waals surface area contributed by atoms with Crippen LogP contribution in [0.15, 0.2) is 4.99 Å². The SMILES string of the molecule is C1=NCC[Si]O1. The summed E-state index contributed by atoms with van der Waals surface area (Å²) in [6.45, 7) is 0.957. The molecule has 2 radical (unpaired) electrons. The highest BCUT2D eigenvalue weighted by Gasteiger charge is 1.92. The third-order valence-electron chi connectivity index (χ3n) is 0.554. The van der Waals surface area contributed by atoms with Gasteiger partial charge < -0.3 is 4.43 Å². The molecule has 32 valence electrons. The smallest absolute Gasteiger partial charge is 0.313 e. The molecule has 1 aliphatic rings. The van der Waals surface area contributed by atoms with Gasteiger partial charge in [0.2, 0.25) is 0 Å². The summed E-state index contributed by atoms with van der Waals surface area (Å²) in [7, 11) is 0.652. The van der Waals surface area contributed by atoms with Crippen LogP contribution in [-0.2, 0) is 4.43 Å². The number of nitrogens with zero attached hydrogens (tertiary/aromatic N) is 1. The third kappa shape index (κ3) is 0.823. The average molecular weight is 99.2 g/mol. The summed E-state index contributed by atoms with van der Waals surface area (Å²) >= 11 is 0. The first-order valence-electron chi connectivity index (χ1n) is 1.87. The van der Waals surface area contributed by atoms with Gasteiger partial charge in [-0.2, -0.15) is 0 Å². The van der Waals surface area contributed by atoms with Crippen molar-refractivity contribution >= 4 is 16.2 Å². The minimum absolute atomic E-state index is 0.652. The zero-order valence-electron chi connectivity index (χ0n) is 3.35. The predicted octanol–water partition coefficient (Wildman–Crippen LogP) is 0.0824. The first-order valence-corrected chi connectivity index (χ1v) is 2.98. The maximum Gasteiger partial charge on any atom is 0.313 e. The molecule has 0 fully saturated rings. The monoisotopic (exact) mass is 99.0 g/mol. The molecule has 0 atom stereocenters. The Morgan fingerprint density at radius 1 is 1.83 bits per heavy atom. The van der Waals surface area contributed by atoms with Crippen molar-refractivity contribution < 1.29 is 4.43 Å². The van der Waals surface area contributed by atoms with E-state index in [0.29, 0.717) is 9.76 Å². The zero-order chi connectivity index (χ0) is 4.24. The lowest BCUT2D eigenvalue weighted by molar-refractivity contribution is 0.594. The Bertz CT molecular complexity index is 55.8. The van der Waals surface area contributed by atoms with E-state index < -0.39 is 0 Å². The van der Waals surface area contributed by atoms with Gasteiger partial charge in [0.05, 0.1) is 0 Å². The van der Waals surface area contributed by atoms with E-state index in [-0.39, 0.29) is 0 Å². The van der Waals surface area contributed by atoms with Crippen molar-refractivity contribution in [2.75, 3.05) is 6.54 Å². The Labute approximate surface area is 39.2 Å². The molecule has 0 aromatic carbocycles. The molecule has 0 N–H and O–H groups in total. The Kier molecular flexibility index (Phi) is 1.27. The quantitative estimate of drug-likeness (QED) is 0.394. The Hall–Kier alpha value is -0.313. The van der Waals surface area contributed by atoms with E-state index in [4.69, 9.17) is 4.43 Å². The summed E-state index contributed by atoms with van der Waals surface area (Å²) in [6.07, 6.45) is 1.53. The summed E-state index contributed by atoms with van der Waals surface area (Å²) in [4.78, 5) is 3.84. The molecule has 0 bridgehead atoms. The van der Waals surface area contributed by atoms with Crippen LogP contribution in [0.1, 0.15) is 0 Å². The van der Waals surface area contributed by atoms with E-state index >= 15 is 0 Å². The molecule has 0 spiro atoms. The zero-order valence-corrected chi connectivity index (χ0v) is 4.35. The fourth-order valence-corrected chi connectivity index (χ4v) is 0.784. The van der Waals surface area contributed by atoms with Crippen LogP contribution >= 0.6 is 0 Å². The molecule has 0 unspecified atom stereocenters. The highest BCUT2D eigenvalue weighted by atomic mass is 28.2. The molecule has 1 rings (SSSR count). The first-order chi connectivity index (χ1) is 3.00. The number of aliphatic imine (C=N–C) groups is 1. The van der Waals surface area contributed by atoms with Crippen LogP contribution in [0.5, 0.6) is 0 Å². The van der Waals surface area contributed by atoms with E-state index in [1.54, 1.807) is 0 Å². The molecule has 6 heavy (non-hydrogen) atoms. The lowest BCUT2D eigenvalue weighted by Gasteiger charge is -1.98. The highest BCUT2D eigenvalue weighted by molar-refractivity contribution is 6.30. The van der Waals surface area contributed by atoms with Crippen molar-refractivity contribution in [1.29, 1.82) is 0 Å². The van der Waals surface area contributed by atoms with Crippen LogP contribution in [0.3, 0.4) is 0 Å². The van der Waals surface area contributed by atoms with Crippen molar-refractivity contribution in [3.05, 3.63) is 0 Å². The summed E-state index contributed by atoms with van der Waals surface area (Å²) in [5.74, 6) is 0. The van der Waals surface area contributed by atoms with Gasteiger partial charge in [-0.05, 0) is 6.04 Å². The van der Waals surface area contributed by atoms with Crippen molar-refractivity contribution in [3.63, 3.8) is 0 Å². The number of rotatable bonds is 0. The summed E-state index contributed by atoms with van der Waals surface area (Å²) < 4.78 is 4.81. The molecule has 0 saturated carbocycles. The van der Waals surface area contributed by atoms with Crippen molar-refractivity contribution in [1.82, 2.24) is 0 Å². The second kappa shape index (κ2) is 1.97. The van der Waals surface area contributed by atoms with E-state index in [9.17, 15) is 0 Å². The largest absolute Gasteiger partial charge is 0.533 e. The summed E-state index contributed by atoms with van der Waals surface area (Å²) in [5, 5.41) is 0. The van der Waals surface area contributed by atoms with Gasteiger partial charge in [-0.25, -0.2) is 0 Å². The minimum Gasteiger partial charge on any atom is -0.533 e. The van der Waals surface area contributed by atoms with Crippen LogP contribution in [-0.4, -0.2) is 22.7 Å². The molecule has 0 saturated heterocycles. The molecule has 1 aliphatic heterocycles. The van der Waals surface area contributed by atoms with E-state index in [0.717, 1.165) is 12.6 Å². The average Bonchev–Trinajstić information content (AvgIpc) is 1.72. The predicted molar refractivity (Wildman–Crippen MR) is 25.0 cm³/mol. The molecular weight excluding hydrogens is 94.1 g/mol. The van der Waals surface area contributed by atoms with E-state index in [2.05, 4.69) is 4.99 Å². The van der Waals surface area contributed by atoms with Gasteiger partial charge in [0, 0.05) is 6.54 Å². The maximum absolute atomic E-state index is 4.81. The Balaban J connectivity index is 2.26. The maximum atomic E-state index is 4.81. The fourth-order valence-electron chi connectivity index (χ4n) is 0.296. The van der Waals surface area contributed by atoms with Crippen molar-refractivity contribution in [2.24, 2.45) is 4.99 Å². The van der Waals surface area contributed by atoms with Crippen LogP contribution in [0, 0.1) is 0 Å². The standard InChI is InChI=1S/C3H5NOSi/c1-2-6-5-3-4-1/h3H,1-2H2. The van der Waals surface area contributed by atoms with Crippen LogP contribution in [0.4, 0.5) is 0 Å². The Morgan fingerprint density at radius 3 is 3.00 bits per heavy atom. The summed E-state index contributed by atoms with van der Waals surface area (Å²) in [5.41, 5.74) is 0. The molecular formula is C3H5NOSi. The fraction of sp³-hybridized carbons (Fsp3) is 0.667. The molecule has 0 aliphatic carbocycles. The van der Waals surface area contributed by atoms with Crippen molar-refractivity contribution in [2.45, 2.75) is 6.04 Å². The third-order valence-corrected chi connectivity index (χ3v) is 1.25. The summed E-state index contributed by atoms with van der Waals surface area (Å²) in [6, 6.07) is 1.11. The first kappa shape index (κ1) is 3.86. The van der Waals surface area contributed by atoms with Gasteiger partial charge in [0.15, 0.2) is 6.40 Å². The van der Waals surface area contributed by atoms with Crippen LogP contribution in [0.25, 0.3) is 0 Å². The van der Waals surface area contributed by atoms with Crippen molar-refractivity contribution in [3.8, 4) is 0 Å². The van der Waals surface area contributed by atoms with Crippen LogP contribution in [0.2, 0.25) is 6.04 Å². The topological polar surface area (TPSA) is 21.6 Å². The minimum atomic E-state index is 0.652.